The lowest BCUT2D eigenvalue weighted by atomic mass is 10.0. The summed E-state index contributed by atoms with van der Waals surface area (Å²) in [6.07, 6.45) is 0. The van der Waals surface area contributed by atoms with Crippen molar-refractivity contribution in [1.82, 2.24) is 14.5 Å². The highest BCUT2D eigenvalue weighted by molar-refractivity contribution is 7.89. The van der Waals surface area contributed by atoms with Crippen molar-refractivity contribution >= 4 is 39.3 Å². The standard InChI is InChI=1S/C24H28N4O6S/c1-5-27(6-2)35(33,34)16-10-7-9-15(13-16)21(29)26-20(14(3)4)24(32)28-22(30)17-11-8-12-18(25)19(17)23(28)31/h7-14,20H,5-6,25H2,1-4H3,(H,26,29)/t20-/m0/s1. The van der Waals surface area contributed by atoms with Gasteiger partial charge in [0.15, 0.2) is 0 Å². The summed E-state index contributed by atoms with van der Waals surface area (Å²) in [4.78, 5) is 52.4. The van der Waals surface area contributed by atoms with E-state index in [4.69, 9.17) is 5.73 Å². The van der Waals surface area contributed by atoms with Crippen LogP contribution in [-0.2, 0) is 14.8 Å². The van der Waals surface area contributed by atoms with E-state index in [1.165, 1.54) is 46.8 Å². The van der Waals surface area contributed by atoms with Gasteiger partial charge in [-0.05, 0) is 36.2 Å². The number of rotatable bonds is 8. The van der Waals surface area contributed by atoms with Crippen molar-refractivity contribution in [1.29, 1.82) is 0 Å². The second-order valence-electron chi connectivity index (χ2n) is 8.37. The van der Waals surface area contributed by atoms with E-state index >= 15 is 0 Å². The molecule has 10 nitrogen and oxygen atoms in total. The number of carbonyl (C=O) groups is 4. The Morgan fingerprint density at radius 1 is 1.03 bits per heavy atom. The van der Waals surface area contributed by atoms with Crippen LogP contribution in [0.25, 0.3) is 0 Å². The van der Waals surface area contributed by atoms with Gasteiger partial charge >= 0.3 is 0 Å². The molecule has 0 aliphatic carbocycles. The molecule has 1 aliphatic heterocycles. The fourth-order valence-electron chi connectivity index (χ4n) is 3.90. The lowest BCUT2D eigenvalue weighted by molar-refractivity contribution is -0.129. The molecule has 0 spiro atoms. The van der Waals surface area contributed by atoms with Gasteiger partial charge in [0.1, 0.15) is 6.04 Å². The molecule has 2 aromatic carbocycles. The Balaban J connectivity index is 1.88. The zero-order chi connectivity index (χ0) is 26.1. The van der Waals surface area contributed by atoms with Crippen LogP contribution in [0.1, 0.15) is 58.8 Å². The van der Waals surface area contributed by atoms with Gasteiger partial charge in [-0.2, -0.15) is 4.31 Å². The predicted octanol–water partition coefficient (Wildman–Crippen LogP) is 1.88. The molecule has 35 heavy (non-hydrogen) atoms. The summed E-state index contributed by atoms with van der Waals surface area (Å²) in [6.45, 7) is 7.26. The summed E-state index contributed by atoms with van der Waals surface area (Å²) in [7, 11) is -3.80. The maximum Gasteiger partial charge on any atom is 0.270 e. The summed E-state index contributed by atoms with van der Waals surface area (Å²) >= 11 is 0. The minimum atomic E-state index is -3.80. The van der Waals surface area contributed by atoms with Crippen molar-refractivity contribution in [3.8, 4) is 0 Å². The molecule has 1 aliphatic rings. The number of hydrogen-bond acceptors (Lipinski definition) is 7. The number of amides is 4. The van der Waals surface area contributed by atoms with E-state index in [0.717, 1.165) is 0 Å². The lowest BCUT2D eigenvalue weighted by Gasteiger charge is -2.25. The van der Waals surface area contributed by atoms with E-state index in [0.29, 0.717) is 4.90 Å². The Morgan fingerprint density at radius 2 is 1.66 bits per heavy atom. The molecule has 0 saturated carbocycles. The van der Waals surface area contributed by atoms with Crippen molar-refractivity contribution in [3.05, 3.63) is 59.2 Å². The number of anilines is 1. The van der Waals surface area contributed by atoms with Crippen molar-refractivity contribution in [3.63, 3.8) is 0 Å². The van der Waals surface area contributed by atoms with Crippen LogP contribution in [0, 0.1) is 5.92 Å². The van der Waals surface area contributed by atoms with Gasteiger partial charge in [0.2, 0.25) is 10.0 Å². The molecule has 3 rings (SSSR count). The first-order valence-corrected chi connectivity index (χ1v) is 12.6. The number of nitrogens with one attached hydrogen (secondary N) is 1. The number of imide groups is 3. The predicted molar refractivity (Wildman–Crippen MR) is 129 cm³/mol. The monoisotopic (exact) mass is 500 g/mol. The number of nitrogens with two attached hydrogens (primary N) is 1. The van der Waals surface area contributed by atoms with Crippen LogP contribution in [0.4, 0.5) is 5.69 Å². The Kier molecular flexibility index (Phi) is 7.41. The molecular weight excluding hydrogens is 472 g/mol. The topological polar surface area (TPSA) is 147 Å². The van der Waals surface area contributed by atoms with E-state index in [1.54, 1.807) is 27.7 Å². The molecule has 11 heteroatoms. The number of nitrogen functional groups attached to an aromatic ring is 1. The average molecular weight is 501 g/mol. The van der Waals surface area contributed by atoms with Gasteiger partial charge in [-0.25, -0.2) is 13.3 Å². The molecule has 186 valence electrons. The van der Waals surface area contributed by atoms with Crippen LogP contribution in [0.2, 0.25) is 0 Å². The summed E-state index contributed by atoms with van der Waals surface area (Å²) in [5.74, 6) is -3.76. The fourth-order valence-corrected chi connectivity index (χ4v) is 5.40. The third kappa shape index (κ3) is 4.69. The number of sulfonamides is 1. The van der Waals surface area contributed by atoms with Crippen LogP contribution in [0.5, 0.6) is 0 Å². The first-order chi connectivity index (χ1) is 16.4. The normalized spacial score (nSPS) is 14.4. The number of hydrogen-bond donors (Lipinski definition) is 2. The van der Waals surface area contributed by atoms with Crippen molar-refractivity contribution in [2.45, 2.75) is 38.6 Å². The molecule has 0 radical (unpaired) electrons. The van der Waals surface area contributed by atoms with Gasteiger partial charge in [0.05, 0.1) is 16.0 Å². The highest BCUT2D eigenvalue weighted by atomic mass is 32.2. The maximum atomic E-state index is 13.3. The highest BCUT2D eigenvalue weighted by Gasteiger charge is 2.44. The zero-order valence-electron chi connectivity index (χ0n) is 19.9. The molecule has 0 fully saturated rings. The van der Waals surface area contributed by atoms with Crippen LogP contribution >= 0.6 is 0 Å². The molecule has 2 aromatic rings. The molecule has 0 saturated heterocycles. The molecule has 4 amide bonds. The van der Waals surface area contributed by atoms with Crippen molar-refractivity contribution in [2.24, 2.45) is 5.92 Å². The van der Waals surface area contributed by atoms with Gasteiger partial charge in [-0.15, -0.1) is 0 Å². The number of fused-ring (bicyclic) bond motifs is 1. The van der Waals surface area contributed by atoms with Gasteiger partial charge < -0.3 is 11.1 Å². The van der Waals surface area contributed by atoms with E-state index < -0.39 is 45.6 Å². The minimum Gasteiger partial charge on any atom is -0.398 e. The third-order valence-corrected chi connectivity index (χ3v) is 7.87. The zero-order valence-corrected chi connectivity index (χ0v) is 20.8. The quantitative estimate of drug-likeness (QED) is 0.415. The first-order valence-electron chi connectivity index (χ1n) is 11.2. The smallest absolute Gasteiger partial charge is 0.270 e. The number of benzene rings is 2. The second kappa shape index (κ2) is 9.96. The van der Waals surface area contributed by atoms with Gasteiger partial charge in [0.25, 0.3) is 23.6 Å². The Bertz CT molecular complexity index is 1300. The van der Waals surface area contributed by atoms with Gasteiger partial charge in [0, 0.05) is 24.3 Å². The minimum absolute atomic E-state index is 0.0169. The average Bonchev–Trinajstić information content (AvgIpc) is 3.08. The van der Waals surface area contributed by atoms with E-state index in [2.05, 4.69) is 5.32 Å². The van der Waals surface area contributed by atoms with Crippen LogP contribution in [0.15, 0.2) is 47.4 Å². The number of nitrogens with zero attached hydrogens (tertiary/aromatic N) is 2. The lowest BCUT2D eigenvalue weighted by Crippen LogP contribution is -2.52. The third-order valence-electron chi connectivity index (χ3n) is 5.83. The molecule has 0 aromatic heterocycles. The van der Waals surface area contributed by atoms with Crippen LogP contribution in [0.3, 0.4) is 0 Å². The molecular formula is C24H28N4O6S. The first kappa shape index (κ1) is 26.0. The Labute approximate surface area is 204 Å². The van der Waals surface area contributed by atoms with Crippen molar-refractivity contribution < 1.29 is 27.6 Å². The largest absolute Gasteiger partial charge is 0.398 e. The summed E-state index contributed by atoms with van der Waals surface area (Å²) in [5, 5.41) is 2.55. The highest BCUT2D eigenvalue weighted by Crippen LogP contribution is 2.28. The molecule has 0 bridgehead atoms. The fraction of sp³-hybridized carbons (Fsp3) is 0.333. The van der Waals surface area contributed by atoms with Gasteiger partial charge in [-0.3, -0.25) is 19.2 Å². The Hall–Kier alpha value is -3.57. The SMILES string of the molecule is CCN(CC)S(=O)(=O)c1cccc(C(=O)N[C@H](C(=O)N2C(=O)c3cccc(N)c3C2=O)C(C)C)c1. The summed E-state index contributed by atoms with van der Waals surface area (Å²) in [6, 6.07) is 8.61. The van der Waals surface area contributed by atoms with E-state index in [1.807, 2.05) is 0 Å². The van der Waals surface area contributed by atoms with Gasteiger partial charge in [-0.1, -0.05) is 39.8 Å². The van der Waals surface area contributed by atoms with Crippen molar-refractivity contribution in [2.75, 3.05) is 18.8 Å². The van der Waals surface area contributed by atoms with Crippen LogP contribution < -0.4 is 11.1 Å². The molecule has 1 heterocycles. The number of carbonyl (C=O) groups excluding carboxylic acids is 4. The van der Waals surface area contributed by atoms with E-state index in [-0.39, 0.29) is 40.4 Å². The van der Waals surface area contributed by atoms with Crippen LogP contribution in [-0.4, -0.2) is 60.4 Å². The maximum absolute atomic E-state index is 13.3. The molecule has 0 unspecified atom stereocenters. The molecule has 1 atom stereocenters. The second-order valence-corrected chi connectivity index (χ2v) is 10.3. The molecule has 3 N–H and O–H groups in total. The Morgan fingerprint density at radius 3 is 2.23 bits per heavy atom. The summed E-state index contributed by atoms with van der Waals surface area (Å²) in [5.41, 5.74) is 5.90. The summed E-state index contributed by atoms with van der Waals surface area (Å²) < 4.78 is 26.9. The van der Waals surface area contributed by atoms with E-state index in [9.17, 15) is 27.6 Å².